The zero-order valence-electron chi connectivity index (χ0n) is 30.6. The third-order valence-electron chi connectivity index (χ3n) is 11.3. The molecule has 2 heteroatoms. The molecule has 0 saturated heterocycles. The molecule has 0 radical (unpaired) electrons. The molecule has 0 N–H and O–H groups in total. The van der Waals surface area contributed by atoms with Crippen molar-refractivity contribution in [2.24, 2.45) is 0 Å². The van der Waals surface area contributed by atoms with Gasteiger partial charge in [-0.3, -0.25) is 0 Å². The van der Waals surface area contributed by atoms with Crippen LogP contribution in [-0.2, 0) is 0 Å². The molecule has 0 aliphatic rings. The molecule has 262 valence electrons. The lowest BCUT2D eigenvalue weighted by molar-refractivity contribution is 0.669. The second kappa shape index (κ2) is 13.2. The van der Waals surface area contributed by atoms with Crippen molar-refractivity contribution in [3.8, 4) is 33.4 Å². The Morgan fingerprint density at radius 2 is 0.768 bits per heavy atom. The van der Waals surface area contributed by atoms with Crippen LogP contribution < -0.4 is 4.90 Å². The third kappa shape index (κ3) is 5.51. The molecule has 0 aliphatic heterocycles. The maximum atomic E-state index is 6.23. The molecule has 11 aromatic rings. The van der Waals surface area contributed by atoms with Crippen LogP contribution in [0.15, 0.2) is 217 Å². The van der Waals surface area contributed by atoms with Crippen LogP contribution in [0, 0.1) is 0 Å². The highest BCUT2D eigenvalue weighted by molar-refractivity contribution is 6.12. The Balaban J connectivity index is 0.978. The minimum Gasteiger partial charge on any atom is -0.456 e. The van der Waals surface area contributed by atoms with E-state index < -0.39 is 0 Å². The van der Waals surface area contributed by atoms with Gasteiger partial charge in [0.25, 0.3) is 0 Å². The Labute approximate surface area is 325 Å². The molecule has 0 saturated carbocycles. The Kier molecular flexibility index (Phi) is 7.53. The van der Waals surface area contributed by atoms with Gasteiger partial charge in [-0.05, 0) is 126 Å². The average Bonchev–Trinajstić information content (AvgIpc) is 3.65. The lowest BCUT2D eigenvalue weighted by Gasteiger charge is -2.26. The van der Waals surface area contributed by atoms with Crippen LogP contribution in [0.5, 0.6) is 0 Å². The first-order valence-electron chi connectivity index (χ1n) is 19.2. The zero-order chi connectivity index (χ0) is 37.0. The predicted molar refractivity (Wildman–Crippen MR) is 237 cm³/mol. The minimum atomic E-state index is 0.903. The summed E-state index contributed by atoms with van der Waals surface area (Å²) < 4.78 is 6.23. The van der Waals surface area contributed by atoms with Crippen molar-refractivity contribution in [3.05, 3.63) is 212 Å². The van der Waals surface area contributed by atoms with E-state index in [9.17, 15) is 0 Å². The van der Waals surface area contributed by atoms with E-state index in [0.717, 1.165) is 50.1 Å². The van der Waals surface area contributed by atoms with Crippen LogP contribution in [0.1, 0.15) is 0 Å². The van der Waals surface area contributed by atoms with Crippen molar-refractivity contribution < 1.29 is 4.42 Å². The normalized spacial score (nSPS) is 11.6. The van der Waals surface area contributed by atoms with Gasteiger partial charge >= 0.3 is 0 Å². The first-order valence-corrected chi connectivity index (χ1v) is 19.2. The van der Waals surface area contributed by atoms with Crippen LogP contribution >= 0.6 is 0 Å². The van der Waals surface area contributed by atoms with E-state index in [-0.39, 0.29) is 0 Å². The molecule has 0 bridgehead atoms. The van der Waals surface area contributed by atoms with Gasteiger partial charge in [-0.15, -0.1) is 0 Å². The molecule has 0 fully saturated rings. The van der Waals surface area contributed by atoms with Gasteiger partial charge in [0.15, 0.2) is 0 Å². The fourth-order valence-electron chi connectivity index (χ4n) is 8.41. The van der Waals surface area contributed by atoms with Gasteiger partial charge in [0.2, 0.25) is 0 Å². The standard InChI is InChI=1S/C54H35NO/c1-2-10-41-34-42(17-16-36(41)8-1)37-18-26-44(27-19-37)55(45-28-20-38(21-29-45)43-25-33-52-51-12-5-6-15-53(51)56-54(52)35-43)46-30-22-40(23-31-46)48-13-7-14-49-47-11-4-3-9-39(47)24-32-50(48)49/h1-35H. The molecule has 0 amide bonds. The van der Waals surface area contributed by atoms with Crippen molar-refractivity contribution in [1.29, 1.82) is 0 Å². The molecule has 11 rings (SSSR count). The lowest BCUT2D eigenvalue weighted by Crippen LogP contribution is -2.09. The number of anilines is 3. The third-order valence-corrected chi connectivity index (χ3v) is 11.3. The summed E-state index contributed by atoms with van der Waals surface area (Å²) >= 11 is 0. The van der Waals surface area contributed by atoms with Crippen molar-refractivity contribution in [2.75, 3.05) is 4.90 Å². The van der Waals surface area contributed by atoms with E-state index in [4.69, 9.17) is 4.42 Å². The largest absolute Gasteiger partial charge is 0.456 e. The number of rotatable bonds is 6. The summed E-state index contributed by atoms with van der Waals surface area (Å²) in [6, 6.07) is 76.6. The summed E-state index contributed by atoms with van der Waals surface area (Å²) in [5.74, 6) is 0. The fraction of sp³-hybridized carbons (Fsp3) is 0. The number of fused-ring (bicyclic) bond motifs is 7. The van der Waals surface area contributed by atoms with Crippen molar-refractivity contribution in [3.63, 3.8) is 0 Å². The fourth-order valence-corrected chi connectivity index (χ4v) is 8.41. The molecular formula is C54H35NO. The van der Waals surface area contributed by atoms with E-state index in [1.165, 1.54) is 54.6 Å². The summed E-state index contributed by atoms with van der Waals surface area (Å²) in [5, 5.41) is 9.86. The summed E-state index contributed by atoms with van der Waals surface area (Å²) in [4.78, 5) is 2.34. The van der Waals surface area contributed by atoms with Gasteiger partial charge in [0.1, 0.15) is 11.2 Å². The Morgan fingerprint density at radius 3 is 1.50 bits per heavy atom. The summed E-state index contributed by atoms with van der Waals surface area (Å²) in [6.07, 6.45) is 0. The summed E-state index contributed by atoms with van der Waals surface area (Å²) in [7, 11) is 0. The molecular weight excluding hydrogens is 679 g/mol. The summed E-state index contributed by atoms with van der Waals surface area (Å²) in [6.45, 7) is 0. The minimum absolute atomic E-state index is 0.903. The molecule has 1 aromatic heterocycles. The molecule has 0 unspecified atom stereocenters. The molecule has 56 heavy (non-hydrogen) atoms. The number of furan rings is 1. The van der Waals surface area contributed by atoms with Crippen molar-refractivity contribution in [1.82, 2.24) is 0 Å². The van der Waals surface area contributed by atoms with Gasteiger partial charge in [-0.25, -0.2) is 0 Å². The van der Waals surface area contributed by atoms with Gasteiger partial charge in [-0.1, -0.05) is 152 Å². The molecule has 0 spiro atoms. The van der Waals surface area contributed by atoms with Crippen LogP contribution in [0.3, 0.4) is 0 Å². The first-order chi connectivity index (χ1) is 27.7. The molecule has 0 aliphatic carbocycles. The topological polar surface area (TPSA) is 16.4 Å². The Morgan fingerprint density at radius 1 is 0.268 bits per heavy atom. The first kappa shape index (κ1) is 32.0. The van der Waals surface area contributed by atoms with Crippen molar-refractivity contribution >= 4 is 71.3 Å². The second-order valence-corrected chi connectivity index (χ2v) is 14.5. The SMILES string of the molecule is c1ccc2cc(-c3ccc(N(c4ccc(-c5ccc6c(c5)oc5ccccc56)cc4)c4ccc(-c5cccc6c5ccc5ccccc56)cc4)cc3)ccc2c1. The lowest BCUT2D eigenvalue weighted by atomic mass is 9.94. The highest BCUT2D eigenvalue weighted by atomic mass is 16.3. The Hall–Kier alpha value is -7.42. The average molecular weight is 714 g/mol. The molecule has 2 nitrogen and oxygen atoms in total. The van der Waals surface area contributed by atoms with Crippen LogP contribution in [-0.4, -0.2) is 0 Å². The maximum absolute atomic E-state index is 6.23. The van der Waals surface area contributed by atoms with E-state index in [1.54, 1.807) is 0 Å². The monoisotopic (exact) mass is 713 g/mol. The maximum Gasteiger partial charge on any atom is 0.136 e. The number of hydrogen-bond acceptors (Lipinski definition) is 2. The number of benzene rings is 10. The summed E-state index contributed by atoms with van der Waals surface area (Å²) in [5.41, 5.74) is 12.2. The quantitative estimate of drug-likeness (QED) is 0.160. The van der Waals surface area contributed by atoms with E-state index in [1.807, 2.05) is 12.1 Å². The van der Waals surface area contributed by atoms with Crippen LogP contribution in [0.2, 0.25) is 0 Å². The van der Waals surface area contributed by atoms with Gasteiger partial charge < -0.3 is 9.32 Å². The predicted octanol–water partition coefficient (Wildman–Crippen LogP) is 15.5. The Bertz CT molecular complexity index is 3230. The second-order valence-electron chi connectivity index (χ2n) is 14.5. The van der Waals surface area contributed by atoms with Crippen molar-refractivity contribution in [2.45, 2.75) is 0 Å². The molecule has 1 heterocycles. The van der Waals surface area contributed by atoms with E-state index >= 15 is 0 Å². The van der Waals surface area contributed by atoms with Gasteiger partial charge in [0.05, 0.1) is 0 Å². The van der Waals surface area contributed by atoms with E-state index in [2.05, 4.69) is 205 Å². The smallest absolute Gasteiger partial charge is 0.136 e. The molecule has 10 aromatic carbocycles. The van der Waals surface area contributed by atoms with Crippen LogP contribution in [0.25, 0.3) is 87.6 Å². The number of para-hydroxylation sites is 1. The van der Waals surface area contributed by atoms with Gasteiger partial charge in [0, 0.05) is 27.8 Å². The zero-order valence-corrected chi connectivity index (χ0v) is 30.6. The number of hydrogen-bond donors (Lipinski definition) is 0. The highest BCUT2D eigenvalue weighted by Gasteiger charge is 2.16. The molecule has 0 atom stereocenters. The van der Waals surface area contributed by atoms with Gasteiger partial charge in [-0.2, -0.15) is 0 Å². The highest BCUT2D eigenvalue weighted by Crippen LogP contribution is 2.40. The van der Waals surface area contributed by atoms with Crippen LogP contribution in [0.4, 0.5) is 17.1 Å². The van der Waals surface area contributed by atoms with E-state index in [0.29, 0.717) is 0 Å². The number of nitrogens with zero attached hydrogens (tertiary/aromatic N) is 1.